The number of nitrogens with one attached hydrogen (secondary N) is 1. The van der Waals surface area contributed by atoms with Gasteiger partial charge in [-0.1, -0.05) is 12.8 Å². The van der Waals surface area contributed by atoms with Gasteiger partial charge in [0.1, 0.15) is 6.10 Å². The van der Waals surface area contributed by atoms with Crippen molar-refractivity contribution in [1.29, 1.82) is 0 Å². The van der Waals surface area contributed by atoms with Crippen LogP contribution in [0.4, 0.5) is 0 Å². The number of hydrogen-bond donors (Lipinski definition) is 2. The van der Waals surface area contributed by atoms with Gasteiger partial charge in [-0.25, -0.2) is 0 Å². The van der Waals surface area contributed by atoms with E-state index < -0.39 is 0 Å². The van der Waals surface area contributed by atoms with E-state index in [1.165, 1.54) is 30.6 Å². The van der Waals surface area contributed by atoms with E-state index in [-0.39, 0.29) is 6.10 Å². The predicted molar refractivity (Wildman–Crippen MR) is 64.3 cm³/mol. The van der Waals surface area contributed by atoms with Crippen molar-refractivity contribution in [3.8, 4) is 0 Å². The van der Waals surface area contributed by atoms with E-state index in [1.54, 1.807) is 11.3 Å². The second kappa shape index (κ2) is 5.10. The normalized spacial score (nSPS) is 19.6. The first-order chi connectivity index (χ1) is 7.25. The van der Waals surface area contributed by atoms with Crippen molar-refractivity contribution < 1.29 is 5.11 Å². The molecule has 0 aliphatic heterocycles. The monoisotopic (exact) mass is 225 g/mol. The van der Waals surface area contributed by atoms with Crippen LogP contribution in [-0.4, -0.2) is 17.7 Å². The molecule has 1 aromatic heterocycles. The van der Waals surface area contributed by atoms with Crippen LogP contribution in [0.25, 0.3) is 0 Å². The molecule has 2 rings (SSSR count). The van der Waals surface area contributed by atoms with E-state index in [1.807, 2.05) is 6.07 Å². The zero-order valence-corrected chi connectivity index (χ0v) is 10.0. The molecule has 1 atom stereocenters. The maximum Gasteiger partial charge on any atom is 0.101 e. The second-order valence-electron chi connectivity index (χ2n) is 4.35. The van der Waals surface area contributed by atoms with Crippen molar-refractivity contribution in [1.82, 2.24) is 5.32 Å². The number of aliphatic hydroxyl groups excluding tert-OH is 1. The molecule has 3 heteroatoms. The molecule has 1 heterocycles. The van der Waals surface area contributed by atoms with E-state index in [0.29, 0.717) is 12.6 Å². The van der Waals surface area contributed by atoms with Gasteiger partial charge in [-0.2, -0.15) is 0 Å². The smallest absolute Gasteiger partial charge is 0.101 e. The zero-order chi connectivity index (χ0) is 10.7. The summed E-state index contributed by atoms with van der Waals surface area (Å²) in [6.07, 6.45) is 4.90. The Hall–Kier alpha value is -0.380. The average molecular weight is 225 g/mol. The van der Waals surface area contributed by atoms with Crippen LogP contribution in [0, 0.1) is 6.92 Å². The highest BCUT2D eigenvalue weighted by molar-refractivity contribution is 7.12. The highest BCUT2D eigenvalue weighted by Crippen LogP contribution is 2.23. The summed E-state index contributed by atoms with van der Waals surface area (Å²) in [6.45, 7) is 2.77. The fraction of sp³-hybridized carbons (Fsp3) is 0.667. The molecule has 1 aliphatic carbocycles. The molecule has 1 aliphatic rings. The summed E-state index contributed by atoms with van der Waals surface area (Å²) in [6, 6.07) is 4.74. The van der Waals surface area contributed by atoms with Gasteiger partial charge >= 0.3 is 0 Å². The van der Waals surface area contributed by atoms with Crippen molar-refractivity contribution in [2.45, 2.75) is 44.8 Å². The Morgan fingerprint density at radius 3 is 2.80 bits per heavy atom. The van der Waals surface area contributed by atoms with Crippen molar-refractivity contribution in [3.63, 3.8) is 0 Å². The Kier molecular flexibility index (Phi) is 3.78. The van der Waals surface area contributed by atoms with Gasteiger partial charge in [-0.3, -0.25) is 0 Å². The van der Waals surface area contributed by atoms with Crippen molar-refractivity contribution in [2.75, 3.05) is 6.54 Å². The van der Waals surface area contributed by atoms with Gasteiger partial charge in [-0.05, 0) is 31.9 Å². The molecule has 0 spiro atoms. The van der Waals surface area contributed by atoms with Crippen molar-refractivity contribution >= 4 is 11.3 Å². The van der Waals surface area contributed by atoms with Gasteiger partial charge in [0.25, 0.3) is 0 Å². The molecular weight excluding hydrogens is 206 g/mol. The summed E-state index contributed by atoms with van der Waals surface area (Å²) in [5.41, 5.74) is 0. The lowest BCUT2D eigenvalue weighted by atomic mass is 10.2. The molecule has 0 bridgehead atoms. The molecule has 1 aromatic rings. The quantitative estimate of drug-likeness (QED) is 0.825. The van der Waals surface area contributed by atoms with E-state index in [2.05, 4.69) is 18.3 Å². The molecule has 2 nitrogen and oxygen atoms in total. The minimum Gasteiger partial charge on any atom is -0.386 e. The summed E-state index contributed by atoms with van der Waals surface area (Å²) in [7, 11) is 0. The lowest BCUT2D eigenvalue weighted by Crippen LogP contribution is -2.30. The van der Waals surface area contributed by atoms with Gasteiger partial charge < -0.3 is 10.4 Å². The number of aliphatic hydroxyl groups is 1. The maximum atomic E-state index is 9.94. The molecule has 0 radical (unpaired) electrons. The Labute approximate surface area is 95.3 Å². The molecule has 84 valence electrons. The third kappa shape index (κ3) is 3.03. The summed E-state index contributed by atoms with van der Waals surface area (Å²) < 4.78 is 0. The van der Waals surface area contributed by atoms with Crippen LogP contribution < -0.4 is 5.32 Å². The molecule has 1 unspecified atom stereocenters. The molecule has 1 saturated carbocycles. The van der Waals surface area contributed by atoms with E-state index in [0.717, 1.165) is 4.88 Å². The van der Waals surface area contributed by atoms with Gasteiger partial charge in [0, 0.05) is 22.3 Å². The summed E-state index contributed by atoms with van der Waals surface area (Å²) >= 11 is 1.69. The minimum atomic E-state index is -0.329. The maximum absolute atomic E-state index is 9.94. The van der Waals surface area contributed by atoms with Crippen LogP contribution in [0.3, 0.4) is 0 Å². The molecular formula is C12H19NOS. The summed E-state index contributed by atoms with van der Waals surface area (Å²) in [5.74, 6) is 0. The van der Waals surface area contributed by atoms with E-state index in [4.69, 9.17) is 0 Å². The number of thiophene rings is 1. The van der Waals surface area contributed by atoms with Crippen LogP contribution in [0.5, 0.6) is 0 Å². The lowest BCUT2D eigenvalue weighted by Gasteiger charge is -2.14. The fourth-order valence-corrected chi connectivity index (χ4v) is 3.00. The molecule has 15 heavy (non-hydrogen) atoms. The standard InChI is InChI=1S/C12H19NOS/c1-9-6-7-12(15-9)11(14)8-13-10-4-2-3-5-10/h6-7,10-11,13-14H,2-5,8H2,1H3. The van der Waals surface area contributed by atoms with Crippen molar-refractivity contribution in [2.24, 2.45) is 0 Å². The first-order valence-electron chi connectivity index (χ1n) is 5.73. The van der Waals surface area contributed by atoms with Crippen LogP contribution in [0.2, 0.25) is 0 Å². The van der Waals surface area contributed by atoms with E-state index in [9.17, 15) is 5.11 Å². The molecule has 2 N–H and O–H groups in total. The highest BCUT2D eigenvalue weighted by Gasteiger charge is 2.16. The van der Waals surface area contributed by atoms with Gasteiger partial charge in [0.15, 0.2) is 0 Å². The number of rotatable bonds is 4. The van der Waals surface area contributed by atoms with Crippen LogP contribution in [0.1, 0.15) is 41.5 Å². The predicted octanol–water partition coefficient (Wildman–Crippen LogP) is 2.62. The van der Waals surface area contributed by atoms with Gasteiger partial charge in [0.05, 0.1) is 0 Å². The topological polar surface area (TPSA) is 32.3 Å². The first kappa shape index (κ1) is 11.1. The SMILES string of the molecule is Cc1ccc(C(O)CNC2CCCC2)s1. The fourth-order valence-electron chi connectivity index (χ4n) is 2.14. The zero-order valence-electron chi connectivity index (χ0n) is 9.20. The third-order valence-corrected chi connectivity index (χ3v) is 4.15. The summed E-state index contributed by atoms with van der Waals surface area (Å²) in [5, 5.41) is 13.4. The van der Waals surface area contributed by atoms with Crippen LogP contribution >= 0.6 is 11.3 Å². The average Bonchev–Trinajstić information content (AvgIpc) is 2.84. The number of aryl methyl sites for hydroxylation is 1. The Balaban J connectivity index is 1.79. The first-order valence-corrected chi connectivity index (χ1v) is 6.55. The van der Waals surface area contributed by atoms with Gasteiger partial charge in [0.2, 0.25) is 0 Å². The van der Waals surface area contributed by atoms with Crippen LogP contribution in [0.15, 0.2) is 12.1 Å². The van der Waals surface area contributed by atoms with E-state index >= 15 is 0 Å². The lowest BCUT2D eigenvalue weighted by molar-refractivity contribution is 0.173. The number of hydrogen-bond acceptors (Lipinski definition) is 3. The highest BCUT2D eigenvalue weighted by atomic mass is 32.1. The molecule has 1 fully saturated rings. The summed E-state index contributed by atoms with van der Waals surface area (Å²) in [4.78, 5) is 2.35. The van der Waals surface area contributed by atoms with Crippen molar-refractivity contribution in [3.05, 3.63) is 21.9 Å². The molecule has 0 aromatic carbocycles. The second-order valence-corrected chi connectivity index (χ2v) is 5.67. The third-order valence-electron chi connectivity index (χ3n) is 3.04. The molecule has 0 saturated heterocycles. The molecule has 0 amide bonds. The Morgan fingerprint density at radius 2 is 2.20 bits per heavy atom. The Morgan fingerprint density at radius 1 is 1.47 bits per heavy atom. The van der Waals surface area contributed by atoms with Gasteiger partial charge in [-0.15, -0.1) is 11.3 Å². The largest absolute Gasteiger partial charge is 0.386 e. The minimum absolute atomic E-state index is 0.329. The Bertz CT molecular complexity index is 304. The van der Waals surface area contributed by atoms with Crippen LogP contribution in [-0.2, 0) is 0 Å².